The van der Waals surface area contributed by atoms with E-state index in [4.69, 9.17) is 9.47 Å². The highest BCUT2D eigenvalue weighted by atomic mass is 127. The zero-order chi connectivity index (χ0) is 21.4. The maximum absolute atomic E-state index is 12.5. The van der Waals surface area contributed by atoms with Gasteiger partial charge in [0.2, 0.25) is 0 Å². The fourth-order valence-corrected chi connectivity index (χ4v) is 3.54. The summed E-state index contributed by atoms with van der Waals surface area (Å²) < 4.78 is 11.0. The van der Waals surface area contributed by atoms with Gasteiger partial charge in [0.15, 0.2) is 5.96 Å². The van der Waals surface area contributed by atoms with Crippen LogP contribution in [0.3, 0.4) is 0 Å². The van der Waals surface area contributed by atoms with Crippen molar-refractivity contribution >= 4 is 36.0 Å². The van der Waals surface area contributed by atoms with Gasteiger partial charge in [-0.25, -0.2) is 4.79 Å². The van der Waals surface area contributed by atoms with Gasteiger partial charge in [-0.3, -0.25) is 9.89 Å². The number of aliphatic imine (C=N–C) groups is 1. The number of nitrogens with zero attached hydrogens (tertiary/aromatic N) is 3. The Morgan fingerprint density at radius 1 is 1.23 bits per heavy atom. The first kappa shape index (κ1) is 27.2. The largest absolute Gasteiger partial charge is 0.444 e. The predicted octanol–water partition coefficient (Wildman–Crippen LogP) is 2.53. The molecule has 1 atom stereocenters. The second-order valence-electron chi connectivity index (χ2n) is 9.24. The summed E-state index contributed by atoms with van der Waals surface area (Å²) in [7, 11) is 1.78. The summed E-state index contributed by atoms with van der Waals surface area (Å²) in [6.45, 7) is 15.9. The first-order chi connectivity index (χ1) is 13.7. The van der Waals surface area contributed by atoms with Gasteiger partial charge in [0.1, 0.15) is 5.60 Å². The van der Waals surface area contributed by atoms with E-state index in [2.05, 4.69) is 34.4 Å². The van der Waals surface area contributed by atoms with Crippen LogP contribution in [0.15, 0.2) is 4.99 Å². The quantitative estimate of drug-likeness (QED) is 0.281. The van der Waals surface area contributed by atoms with Crippen LogP contribution < -0.4 is 10.6 Å². The van der Waals surface area contributed by atoms with Crippen LogP contribution >= 0.6 is 24.0 Å². The molecule has 30 heavy (non-hydrogen) atoms. The lowest BCUT2D eigenvalue weighted by atomic mass is 10.0. The number of carbonyl (C=O) groups excluding carboxylic acids is 1. The molecule has 9 heteroatoms. The van der Waals surface area contributed by atoms with E-state index < -0.39 is 5.60 Å². The van der Waals surface area contributed by atoms with Gasteiger partial charge in [0.25, 0.3) is 0 Å². The third-order valence-corrected chi connectivity index (χ3v) is 5.25. The highest BCUT2D eigenvalue weighted by molar-refractivity contribution is 14.0. The molecule has 0 spiro atoms. The number of ether oxygens (including phenoxy) is 2. The molecule has 0 bridgehead atoms. The summed E-state index contributed by atoms with van der Waals surface area (Å²) in [5.41, 5.74) is -0.472. The first-order valence-corrected chi connectivity index (χ1v) is 11.0. The van der Waals surface area contributed by atoms with Crippen molar-refractivity contribution in [3.05, 3.63) is 0 Å². The number of hydrogen-bond donors (Lipinski definition) is 2. The van der Waals surface area contributed by atoms with Crippen LogP contribution in [-0.4, -0.2) is 92.5 Å². The summed E-state index contributed by atoms with van der Waals surface area (Å²) in [5.74, 6) is 1.31. The molecule has 1 aliphatic carbocycles. The van der Waals surface area contributed by atoms with Gasteiger partial charge in [0.05, 0.1) is 13.2 Å². The molecular formula is C21H42IN5O3. The van der Waals surface area contributed by atoms with Crippen molar-refractivity contribution in [1.29, 1.82) is 0 Å². The molecule has 2 N–H and O–H groups in total. The molecule has 176 valence electrons. The minimum atomic E-state index is -0.472. The minimum Gasteiger partial charge on any atom is -0.444 e. The molecule has 0 radical (unpaired) electrons. The van der Waals surface area contributed by atoms with E-state index in [1.807, 2.05) is 25.7 Å². The van der Waals surface area contributed by atoms with E-state index in [9.17, 15) is 4.79 Å². The highest BCUT2D eigenvalue weighted by Crippen LogP contribution is 2.28. The lowest BCUT2D eigenvalue weighted by molar-refractivity contribution is 0.00750. The van der Waals surface area contributed by atoms with Crippen molar-refractivity contribution in [1.82, 2.24) is 20.4 Å². The zero-order valence-corrected chi connectivity index (χ0v) is 21.9. The van der Waals surface area contributed by atoms with Gasteiger partial charge in [-0.2, -0.15) is 0 Å². The third kappa shape index (κ3) is 9.55. The Hall–Kier alpha value is -0.810. The molecule has 1 unspecified atom stereocenters. The Balaban J connectivity index is 0.00000450. The Morgan fingerprint density at radius 2 is 1.87 bits per heavy atom. The van der Waals surface area contributed by atoms with Crippen LogP contribution in [0.4, 0.5) is 4.79 Å². The summed E-state index contributed by atoms with van der Waals surface area (Å²) in [5, 5.41) is 6.80. The fourth-order valence-electron chi connectivity index (χ4n) is 3.54. The van der Waals surface area contributed by atoms with Crippen LogP contribution in [0.25, 0.3) is 0 Å². The fraction of sp³-hybridized carbons (Fsp3) is 0.905. The van der Waals surface area contributed by atoms with Crippen molar-refractivity contribution in [2.45, 2.75) is 65.1 Å². The van der Waals surface area contributed by atoms with E-state index in [0.29, 0.717) is 31.1 Å². The summed E-state index contributed by atoms with van der Waals surface area (Å²) >= 11 is 0. The molecule has 0 aromatic rings. The van der Waals surface area contributed by atoms with E-state index in [-0.39, 0.29) is 30.1 Å². The van der Waals surface area contributed by atoms with Gasteiger partial charge >= 0.3 is 6.09 Å². The Morgan fingerprint density at radius 3 is 2.37 bits per heavy atom. The van der Waals surface area contributed by atoms with Crippen LogP contribution in [0.5, 0.6) is 0 Å². The lowest BCUT2D eigenvalue weighted by Crippen LogP contribution is -2.53. The second kappa shape index (κ2) is 12.9. The summed E-state index contributed by atoms with van der Waals surface area (Å²) in [4.78, 5) is 21.1. The maximum Gasteiger partial charge on any atom is 0.410 e. The zero-order valence-electron chi connectivity index (χ0n) is 19.6. The van der Waals surface area contributed by atoms with Crippen LogP contribution in [0.1, 0.15) is 47.5 Å². The van der Waals surface area contributed by atoms with Gasteiger partial charge in [-0.05, 0) is 39.5 Å². The van der Waals surface area contributed by atoms with Crippen LogP contribution in [0.2, 0.25) is 0 Å². The minimum absolute atomic E-state index is 0. The van der Waals surface area contributed by atoms with Crippen molar-refractivity contribution in [2.24, 2.45) is 10.9 Å². The topological polar surface area (TPSA) is 78.4 Å². The molecule has 2 rings (SSSR count). The summed E-state index contributed by atoms with van der Waals surface area (Å²) in [6, 6.07) is 0.746. The number of nitrogens with one attached hydrogen (secondary N) is 2. The molecule has 0 aromatic carbocycles. The molecule has 8 nitrogen and oxygen atoms in total. The van der Waals surface area contributed by atoms with Gasteiger partial charge in [0, 0.05) is 51.9 Å². The van der Waals surface area contributed by atoms with E-state index >= 15 is 0 Å². The van der Waals surface area contributed by atoms with Gasteiger partial charge < -0.3 is 25.0 Å². The molecule has 2 aliphatic rings. The second-order valence-corrected chi connectivity index (χ2v) is 9.24. The molecule has 2 fully saturated rings. The van der Waals surface area contributed by atoms with E-state index in [1.165, 1.54) is 0 Å². The third-order valence-electron chi connectivity index (χ3n) is 5.25. The maximum atomic E-state index is 12.5. The average molecular weight is 540 g/mol. The smallest absolute Gasteiger partial charge is 0.410 e. The van der Waals surface area contributed by atoms with Crippen molar-refractivity contribution < 1.29 is 14.3 Å². The normalized spacial score (nSPS) is 19.1. The molecule has 0 aromatic heterocycles. The highest BCUT2D eigenvalue weighted by Gasteiger charge is 2.34. The standard InChI is InChI=1S/C21H41N5O3.HI/c1-16(2)18(25-11-13-28-14-12-25)15-24-19(22-6)23-9-10-26(17-7-8-17)20(27)29-21(3,4)5;/h16-18H,7-15H2,1-6H3,(H2,22,23,24);1H. The Labute approximate surface area is 199 Å². The lowest BCUT2D eigenvalue weighted by Gasteiger charge is -2.37. The van der Waals surface area contributed by atoms with Gasteiger partial charge in [-0.1, -0.05) is 13.8 Å². The molecular weight excluding hydrogens is 497 g/mol. The number of halogens is 1. The monoisotopic (exact) mass is 539 g/mol. The number of hydrogen-bond acceptors (Lipinski definition) is 5. The molecule has 1 saturated heterocycles. The van der Waals surface area contributed by atoms with E-state index in [1.54, 1.807) is 7.05 Å². The molecule has 1 aliphatic heterocycles. The predicted molar refractivity (Wildman–Crippen MR) is 132 cm³/mol. The molecule has 1 heterocycles. The number of carbonyl (C=O) groups is 1. The first-order valence-electron chi connectivity index (χ1n) is 11.0. The van der Waals surface area contributed by atoms with Crippen LogP contribution in [-0.2, 0) is 9.47 Å². The summed E-state index contributed by atoms with van der Waals surface area (Å²) in [6.07, 6.45) is 1.89. The van der Waals surface area contributed by atoms with Crippen molar-refractivity contribution in [3.63, 3.8) is 0 Å². The van der Waals surface area contributed by atoms with Gasteiger partial charge in [-0.15, -0.1) is 24.0 Å². The van der Waals surface area contributed by atoms with Crippen molar-refractivity contribution in [3.8, 4) is 0 Å². The average Bonchev–Trinajstić information content (AvgIpc) is 3.47. The molecule has 1 amide bonds. The molecule has 1 saturated carbocycles. The van der Waals surface area contributed by atoms with E-state index in [0.717, 1.165) is 51.6 Å². The number of amides is 1. The number of rotatable bonds is 8. The number of morpholine rings is 1. The van der Waals surface area contributed by atoms with Crippen LogP contribution in [0, 0.1) is 5.92 Å². The Kier molecular flexibility index (Phi) is 11.7. The van der Waals surface area contributed by atoms with Crippen molar-refractivity contribution in [2.75, 3.05) is 53.0 Å². The SMILES string of the molecule is CN=C(NCCN(C(=O)OC(C)(C)C)C1CC1)NCC(C(C)C)N1CCOCC1.I. The number of guanidine groups is 1. The Bertz CT molecular complexity index is 543.